The molecular weight excluding hydrogens is 384 g/mol. The number of unbranched alkanes of at least 4 members (excludes halogenated alkanes) is 2. The average Bonchev–Trinajstić information content (AvgIpc) is 2.80. The summed E-state index contributed by atoms with van der Waals surface area (Å²) in [6, 6.07) is 20.3. The highest BCUT2D eigenvalue weighted by atomic mass is 16.3. The predicted molar refractivity (Wildman–Crippen MR) is 130 cm³/mol. The van der Waals surface area contributed by atoms with Crippen LogP contribution in [0.5, 0.6) is 0 Å². The van der Waals surface area contributed by atoms with E-state index in [0.717, 1.165) is 49.7 Å². The Kier molecular flexibility index (Phi) is 11.7. The van der Waals surface area contributed by atoms with Crippen LogP contribution < -0.4 is 0 Å². The van der Waals surface area contributed by atoms with Gasteiger partial charge in [0.05, 0.1) is 13.2 Å². The minimum absolute atomic E-state index is 0. The van der Waals surface area contributed by atoms with Gasteiger partial charge < -0.3 is 10.2 Å². The lowest BCUT2D eigenvalue weighted by atomic mass is 9.78. The Labute approximate surface area is 189 Å². The maximum absolute atomic E-state index is 12.3. The largest absolute Gasteiger partial charge is 0.395 e. The molecule has 0 amide bonds. The minimum atomic E-state index is -0.240. The maximum Gasteiger partial charge on any atom is 0.132 e. The van der Waals surface area contributed by atoms with Gasteiger partial charge >= 0.3 is 0 Å². The molecule has 0 radical (unpaired) electrons. The monoisotopic (exact) mass is 426 g/mol. The molecule has 2 aromatic rings. The Bertz CT molecular complexity index is 680. The molecule has 0 saturated heterocycles. The summed E-state index contributed by atoms with van der Waals surface area (Å²) in [4.78, 5) is 12.3. The van der Waals surface area contributed by atoms with Crippen molar-refractivity contribution in [2.24, 2.45) is 0 Å². The molecule has 0 aliphatic heterocycles. The zero-order valence-electron chi connectivity index (χ0n) is 18.6. The average molecular weight is 427 g/mol. The molecule has 3 heteroatoms. The van der Waals surface area contributed by atoms with Crippen LogP contribution in [0.3, 0.4) is 0 Å². The molecule has 0 aliphatic rings. The molecule has 0 aliphatic carbocycles. The molecule has 31 heavy (non-hydrogen) atoms. The highest BCUT2D eigenvalue weighted by Crippen LogP contribution is 2.30. The van der Waals surface area contributed by atoms with Crippen LogP contribution in [0.2, 0.25) is 0 Å². The van der Waals surface area contributed by atoms with Crippen molar-refractivity contribution in [1.29, 1.82) is 0 Å². The third-order valence-corrected chi connectivity index (χ3v) is 6.51. The second-order valence-corrected chi connectivity index (χ2v) is 9.12. The van der Waals surface area contributed by atoms with E-state index in [4.69, 9.17) is 0 Å². The van der Waals surface area contributed by atoms with Gasteiger partial charge in [-0.3, -0.25) is 4.79 Å². The topological polar surface area (TPSA) is 57.5 Å². The highest BCUT2D eigenvalue weighted by Gasteiger charge is 2.26. The van der Waals surface area contributed by atoms with Crippen LogP contribution in [-0.2, 0) is 15.6 Å². The standard InChI is InChI=1S/C27H38O3.CH4/c1-26(21-28,23-13-5-3-6-14-23)19-11-9-17-25(30)18-10-12-20-27(2,22-29)24-15-7-4-8-16-24;/h3-8,13-16,28-29H,9-12,17-22H2,1-2H3;1H4. The summed E-state index contributed by atoms with van der Waals surface area (Å²) < 4.78 is 0. The molecule has 0 spiro atoms. The lowest BCUT2D eigenvalue weighted by Crippen LogP contribution is -2.26. The van der Waals surface area contributed by atoms with E-state index < -0.39 is 0 Å². The molecular formula is C28H42O3. The quantitative estimate of drug-likeness (QED) is 0.353. The summed E-state index contributed by atoms with van der Waals surface area (Å²) in [7, 11) is 0. The fourth-order valence-corrected chi connectivity index (χ4v) is 4.11. The predicted octanol–water partition coefficient (Wildman–Crippen LogP) is 6.21. The summed E-state index contributed by atoms with van der Waals surface area (Å²) >= 11 is 0. The van der Waals surface area contributed by atoms with E-state index in [2.05, 4.69) is 38.1 Å². The first-order valence-corrected chi connectivity index (χ1v) is 11.3. The van der Waals surface area contributed by atoms with Gasteiger partial charge in [-0.05, 0) is 36.8 Å². The van der Waals surface area contributed by atoms with Gasteiger partial charge in [0, 0.05) is 23.7 Å². The number of benzene rings is 2. The summed E-state index contributed by atoms with van der Waals surface area (Å²) in [5.41, 5.74) is 1.83. The smallest absolute Gasteiger partial charge is 0.132 e. The van der Waals surface area contributed by atoms with Crippen LogP contribution in [0.15, 0.2) is 60.7 Å². The lowest BCUT2D eigenvalue weighted by Gasteiger charge is -2.28. The second kappa shape index (κ2) is 13.4. The van der Waals surface area contributed by atoms with Crippen molar-refractivity contribution in [1.82, 2.24) is 0 Å². The maximum atomic E-state index is 12.3. The van der Waals surface area contributed by atoms with Crippen LogP contribution in [0.4, 0.5) is 0 Å². The number of aliphatic hydroxyl groups excluding tert-OH is 2. The number of carbonyl (C=O) groups is 1. The fourth-order valence-electron chi connectivity index (χ4n) is 4.11. The van der Waals surface area contributed by atoms with E-state index in [0.29, 0.717) is 18.6 Å². The third kappa shape index (κ3) is 8.23. The van der Waals surface area contributed by atoms with Crippen LogP contribution in [0.25, 0.3) is 0 Å². The molecule has 2 unspecified atom stereocenters. The van der Waals surface area contributed by atoms with Crippen LogP contribution in [0.1, 0.15) is 83.8 Å². The van der Waals surface area contributed by atoms with Gasteiger partial charge in [-0.25, -0.2) is 0 Å². The summed E-state index contributed by atoms with van der Waals surface area (Å²) in [5, 5.41) is 19.7. The second-order valence-electron chi connectivity index (χ2n) is 9.12. The first kappa shape index (κ1) is 27.1. The van der Waals surface area contributed by atoms with E-state index in [1.165, 1.54) is 0 Å². The minimum Gasteiger partial charge on any atom is -0.395 e. The lowest BCUT2D eigenvalue weighted by molar-refractivity contribution is -0.119. The van der Waals surface area contributed by atoms with Gasteiger partial charge in [0.15, 0.2) is 0 Å². The summed E-state index contributed by atoms with van der Waals surface area (Å²) in [6.45, 7) is 4.43. The van der Waals surface area contributed by atoms with Crippen LogP contribution in [-0.4, -0.2) is 29.2 Å². The molecule has 0 aromatic heterocycles. The van der Waals surface area contributed by atoms with Gasteiger partial charge in [-0.2, -0.15) is 0 Å². The number of ketones is 1. The SMILES string of the molecule is C.CC(CO)(CCCCC(=O)CCCCC(C)(CO)c1ccccc1)c1ccccc1. The first-order chi connectivity index (χ1) is 14.4. The van der Waals surface area contributed by atoms with Crippen molar-refractivity contribution in [3.63, 3.8) is 0 Å². The Morgan fingerprint density at radius 3 is 1.35 bits per heavy atom. The van der Waals surface area contributed by atoms with Crippen molar-refractivity contribution < 1.29 is 15.0 Å². The zero-order chi connectivity index (χ0) is 21.9. The van der Waals surface area contributed by atoms with Crippen molar-refractivity contribution in [2.75, 3.05) is 13.2 Å². The van der Waals surface area contributed by atoms with E-state index >= 15 is 0 Å². The van der Waals surface area contributed by atoms with E-state index in [9.17, 15) is 15.0 Å². The van der Waals surface area contributed by atoms with Crippen LogP contribution >= 0.6 is 0 Å². The number of aliphatic hydroxyl groups is 2. The van der Waals surface area contributed by atoms with Crippen molar-refractivity contribution in [3.05, 3.63) is 71.8 Å². The Morgan fingerprint density at radius 2 is 1.03 bits per heavy atom. The van der Waals surface area contributed by atoms with Crippen molar-refractivity contribution in [2.45, 2.75) is 83.5 Å². The Hall–Kier alpha value is -1.97. The summed E-state index contributed by atoms with van der Waals surface area (Å²) in [6.07, 6.45) is 6.62. The summed E-state index contributed by atoms with van der Waals surface area (Å²) in [5.74, 6) is 0.325. The number of hydrogen-bond acceptors (Lipinski definition) is 3. The van der Waals surface area contributed by atoms with Gasteiger partial charge in [-0.15, -0.1) is 0 Å². The zero-order valence-corrected chi connectivity index (χ0v) is 18.6. The van der Waals surface area contributed by atoms with Gasteiger partial charge in [-0.1, -0.05) is 94.8 Å². The molecule has 0 bridgehead atoms. The number of hydrogen-bond donors (Lipinski definition) is 2. The molecule has 0 saturated carbocycles. The number of rotatable bonds is 14. The molecule has 2 aromatic carbocycles. The Morgan fingerprint density at radius 1 is 0.677 bits per heavy atom. The van der Waals surface area contributed by atoms with Crippen molar-refractivity contribution in [3.8, 4) is 0 Å². The highest BCUT2D eigenvalue weighted by molar-refractivity contribution is 5.78. The Balaban J connectivity index is 0.00000480. The van der Waals surface area contributed by atoms with E-state index in [1.807, 2.05) is 36.4 Å². The van der Waals surface area contributed by atoms with Crippen LogP contribution in [0, 0.1) is 0 Å². The van der Waals surface area contributed by atoms with Gasteiger partial charge in [0.2, 0.25) is 0 Å². The molecule has 0 heterocycles. The molecule has 2 rings (SSSR count). The van der Waals surface area contributed by atoms with Crippen molar-refractivity contribution >= 4 is 5.78 Å². The van der Waals surface area contributed by atoms with E-state index in [-0.39, 0.29) is 31.5 Å². The normalized spacial score (nSPS) is 14.8. The molecule has 172 valence electrons. The molecule has 3 nitrogen and oxygen atoms in total. The van der Waals surface area contributed by atoms with Gasteiger partial charge in [0.1, 0.15) is 5.78 Å². The molecule has 2 N–H and O–H groups in total. The fraction of sp³-hybridized carbons (Fsp3) is 0.536. The van der Waals surface area contributed by atoms with E-state index in [1.54, 1.807) is 0 Å². The molecule has 0 fully saturated rings. The number of Topliss-reactive ketones (excluding diaryl/α,β-unsaturated/α-hetero) is 1. The third-order valence-electron chi connectivity index (χ3n) is 6.51. The number of carbonyl (C=O) groups excluding carboxylic acids is 1. The van der Waals surface area contributed by atoms with Gasteiger partial charge in [0.25, 0.3) is 0 Å². The molecule has 2 atom stereocenters. The first-order valence-electron chi connectivity index (χ1n) is 11.3.